The quantitative estimate of drug-likeness (QED) is 0.642. The first kappa shape index (κ1) is 22.5. The van der Waals surface area contributed by atoms with Crippen molar-refractivity contribution in [2.45, 2.75) is 52.6 Å². The Morgan fingerprint density at radius 1 is 1.32 bits per heavy atom. The number of likely N-dealkylation sites (tertiary alicyclic amines) is 1. The number of nitrogens with zero attached hydrogens (tertiary/aromatic N) is 1. The minimum absolute atomic E-state index is 0.00968. The minimum atomic E-state index is -0.135. The molecule has 1 atom stereocenters. The van der Waals surface area contributed by atoms with Crippen LogP contribution in [-0.4, -0.2) is 56.2 Å². The maximum atomic E-state index is 11.6. The van der Waals surface area contributed by atoms with Crippen LogP contribution in [0.1, 0.15) is 46.1 Å². The lowest BCUT2D eigenvalue weighted by atomic mass is 9.93. The lowest BCUT2D eigenvalue weighted by Gasteiger charge is -2.43. The SMILES string of the molecule is CCNC(=O)COc1ccc(CNCC(C)(C)N2CCCC(C)C2)cc1OC. The maximum Gasteiger partial charge on any atom is 0.257 e. The molecule has 2 rings (SSSR count). The summed E-state index contributed by atoms with van der Waals surface area (Å²) >= 11 is 0. The molecule has 2 N–H and O–H groups in total. The van der Waals surface area contributed by atoms with E-state index in [1.807, 2.05) is 25.1 Å². The summed E-state index contributed by atoms with van der Waals surface area (Å²) in [5, 5.41) is 6.31. The number of methoxy groups -OCH3 is 1. The highest BCUT2D eigenvalue weighted by Gasteiger charge is 2.29. The molecule has 0 spiro atoms. The number of amides is 1. The first-order chi connectivity index (χ1) is 13.4. The average Bonchev–Trinajstić information content (AvgIpc) is 2.67. The Balaban J connectivity index is 1.87. The van der Waals surface area contributed by atoms with Gasteiger partial charge in [0.2, 0.25) is 0 Å². The highest BCUT2D eigenvalue weighted by molar-refractivity contribution is 5.77. The van der Waals surface area contributed by atoms with Gasteiger partial charge in [0.25, 0.3) is 5.91 Å². The Kier molecular flexibility index (Phi) is 8.58. The largest absolute Gasteiger partial charge is 0.493 e. The van der Waals surface area contributed by atoms with Gasteiger partial charge in [0.15, 0.2) is 18.1 Å². The first-order valence-corrected chi connectivity index (χ1v) is 10.4. The van der Waals surface area contributed by atoms with Crippen LogP contribution in [0, 0.1) is 5.92 Å². The summed E-state index contributed by atoms with van der Waals surface area (Å²) in [4.78, 5) is 14.2. The molecule has 1 saturated heterocycles. The molecule has 1 amide bonds. The van der Waals surface area contributed by atoms with Crippen LogP contribution in [-0.2, 0) is 11.3 Å². The van der Waals surface area contributed by atoms with E-state index in [4.69, 9.17) is 9.47 Å². The van der Waals surface area contributed by atoms with E-state index >= 15 is 0 Å². The average molecular weight is 392 g/mol. The van der Waals surface area contributed by atoms with E-state index in [1.54, 1.807) is 7.11 Å². The number of carbonyl (C=O) groups excluding carboxylic acids is 1. The van der Waals surface area contributed by atoms with Gasteiger partial charge in [0.1, 0.15) is 0 Å². The molecule has 158 valence electrons. The Morgan fingerprint density at radius 3 is 2.79 bits per heavy atom. The fourth-order valence-corrected chi connectivity index (χ4v) is 3.70. The van der Waals surface area contributed by atoms with Crippen molar-refractivity contribution in [1.82, 2.24) is 15.5 Å². The van der Waals surface area contributed by atoms with Crippen LogP contribution >= 0.6 is 0 Å². The van der Waals surface area contributed by atoms with Crippen LogP contribution in [0.5, 0.6) is 11.5 Å². The molecule has 1 aliphatic heterocycles. The van der Waals surface area contributed by atoms with Gasteiger partial charge in [-0.3, -0.25) is 9.69 Å². The molecule has 28 heavy (non-hydrogen) atoms. The fourth-order valence-electron chi connectivity index (χ4n) is 3.70. The van der Waals surface area contributed by atoms with Crippen molar-refractivity contribution in [2.75, 3.05) is 39.9 Å². The number of hydrogen-bond donors (Lipinski definition) is 2. The zero-order chi connectivity index (χ0) is 20.6. The number of hydrogen-bond acceptors (Lipinski definition) is 5. The van der Waals surface area contributed by atoms with Crippen LogP contribution < -0.4 is 20.1 Å². The predicted octanol–water partition coefficient (Wildman–Crippen LogP) is 2.81. The summed E-state index contributed by atoms with van der Waals surface area (Å²) in [6.07, 6.45) is 2.63. The Morgan fingerprint density at radius 2 is 2.11 bits per heavy atom. The molecule has 1 aromatic rings. The van der Waals surface area contributed by atoms with E-state index in [9.17, 15) is 4.79 Å². The summed E-state index contributed by atoms with van der Waals surface area (Å²) in [6.45, 7) is 13.5. The van der Waals surface area contributed by atoms with E-state index in [0.717, 1.165) is 24.6 Å². The van der Waals surface area contributed by atoms with Gasteiger partial charge < -0.3 is 20.1 Å². The molecule has 0 radical (unpaired) electrons. The molecule has 1 fully saturated rings. The fraction of sp³-hybridized carbons (Fsp3) is 0.682. The van der Waals surface area contributed by atoms with Crippen LogP contribution in [0.4, 0.5) is 0 Å². The lowest BCUT2D eigenvalue weighted by molar-refractivity contribution is -0.123. The zero-order valence-electron chi connectivity index (χ0n) is 18.1. The van der Waals surface area contributed by atoms with Gasteiger partial charge in [-0.05, 0) is 63.8 Å². The molecule has 1 aromatic carbocycles. The topological polar surface area (TPSA) is 62.8 Å². The number of ether oxygens (including phenoxy) is 2. The van der Waals surface area contributed by atoms with Gasteiger partial charge >= 0.3 is 0 Å². The number of rotatable bonds is 10. The molecular formula is C22H37N3O3. The molecule has 0 saturated carbocycles. The van der Waals surface area contributed by atoms with Crippen molar-refractivity contribution in [2.24, 2.45) is 5.92 Å². The van der Waals surface area contributed by atoms with Gasteiger partial charge in [-0.15, -0.1) is 0 Å². The van der Waals surface area contributed by atoms with Crippen LogP contribution in [0.15, 0.2) is 18.2 Å². The van der Waals surface area contributed by atoms with Gasteiger partial charge in [-0.25, -0.2) is 0 Å². The van der Waals surface area contributed by atoms with Crippen molar-refractivity contribution in [1.29, 1.82) is 0 Å². The third-order valence-electron chi connectivity index (χ3n) is 5.36. The predicted molar refractivity (Wildman–Crippen MR) is 113 cm³/mol. The van der Waals surface area contributed by atoms with E-state index in [-0.39, 0.29) is 18.1 Å². The molecule has 6 nitrogen and oxygen atoms in total. The molecule has 1 aliphatic rings. The summed E-state index contributed by atoms with van der Waals surface area (Å²) in [5.74, 6) is 1.88. The van der Waals surface area contributed by atoms with Crippen LogP contribution in [0.2, 0.25) is 0 Å². The van der Waals surface area contributed by atoms with Gasteiger partial charge in [0.05, 0.1) is 7.11 Å². The van der Waals surface area contributed by atoms with Crippen LogP contribution in [0.3, 0.4) is 0 Å². The van der Waals surface area contributed by atoms with Crippen molar-refractivity contribution in [3.63, 3.8) is 0 Å². The zero-order valence-corrected chi connectivity index (χ0v) is 18.1. The van der Waals surface area contributed by atoms with E-state index in [1.165, 1.54) is 25.9 Å². The van der Waals surface area contributed by atoms with Crippen LogP contribution in [0.25, 0.3) is 0 Å². The van der Waals surface area contributed by atoms with E-state index < -0.39 is 0 Å². The van der Waals surface area contributed by atoms with E-state index in [2.05, 4.69) is 36.3 Å². The Bertz CT molecular complexity index is 633. The minimum Gasteiger partial charge on any atom is -0.493 e. The van der Waals surface area contributed by atoms with Crippen molar-refractivity contribution >= 4 is 5.91 Å². The second-order valence-corrected chi connectivity index (χ2v) is 8.34. The van der Waals surface area contributed by atoms with Gasteiger partial charge in [-0.2, -0.15) is 0 Å². The summed E-state index contributed by atoms with van der Waals surface area (Å²) in [5.41, 5.74) is 1.26. The molecule has 0 bridgehead atoms. The third-order valence-corrected chi connectivity index (χ3v) is 5.36. The summed E-state index contributed by atoms with van der Waals surface area (Å²) in [6, 6.07) is 5.85. The van der Waals surface area contributed by atoms with Gasteiger partial charge in [-0.1, -0.05) is 13.0 Å². The van der Waals surface area contributed by atoms with Crippen molar-refractivity contribution in [3.8, 4) is 11.5 Å². The Labute approximate surface area is 170 Å². The highest BCUT2D eigenvalue weighted by atomic mass is 16.5. The number of likely N-dealkylation sites (N-methyl/N-ethyl adjacent to an activating group) is 1. The standard InChI is InChI=1S/C22H37N3O3/c1-6-24-21(26)15-28-19-10-9-18(12-20(19)27-5)13-23-16-22(3,4)25-11-7-8-17(2)14-25/h9-10,12,17,23H,6-8,11,13-16H2,1-5H3,(H,24,26). The maximum absolute atomic E-state index is 11.6. The highest BCUT2D eigenvalue weighted by Crippen LogP contribution is 2.28. The van der Waals surface area contributed by atoms with Crippen molar-refractivity contribution < 1.29 is 14.3 Å². The number of carbonyl (C=O) groups is 1. The molecule has 0 aromatic heterocycles. The monoisotopic (exact) mass is 391 g/mol. The second-order valence-electron chi connectivity index (χ2n) is 8.34. The molecular weight excluding hydrogens is 354 g/mol. The van der Waals surface area contributed by atoms with Crippen molar-refractivity contribution in [3.05, 3.63) is 23.8 Å². The number of piperidine rings is 1. The second kappa shape index (κ2) is 10.7. The Hall–Kier alpha value is -1.79. The molecule has 1 heterocycles. The number of nitrogens with one attached hydrogen (secondary N) is 2. The normalized spacial score (nSPS) is 18.0. The smallest absolute Gasteiger partial charge is 0.257 e. The van der Waals surface area contributed by atoms with Gasteiger partial charge in [0, 0.05) is 31.7 Å². The summed E-state index contributed by atoms with van der Waals surface area (Å²) < 4.78 is 11.0. The lowest BCUT2D eigenvalue weighted by Crippen LogP contribution is -2.53. The first-order valence-electron chi connectivity index (χ1n) is 10.4. The number of benzene rings is 1. The third kappa shape index (κ3) is 6.67. The summed E-state index contributed by atoms with van der Waals surface area (Å²) in [7, 11) is 1.62. The molecule has 1 unspecified atom stereocenters. The molecule has 0 aliphatic carbocycles. The molecule has 6 heteroatoms. The van der Waals surface area contributed by atoms with E-state index in [0.29, 0.717) is 18.0 Å².